The molecule has 0 aromatic heterocycles. The van der Waals surface area contributed by atoms with Crippen molar-refractivity contribution in [3.63, 3.8) is 0 Å². The summed E-state index contributed by atoms with van der Waals surface area (Å²) < 4.78 is 0. The van der Waals surface area contributed by atoms with Gasteiger partial charge in [-0.25, -0.2) is 0 Å². The molecule has 0 aliphatic carbocycles. The van der Waals surface area contributed by atoms with Gasteiger partial charge in [-0.15, -0.1) is 0 Å². The molecule has 0 saturated carbocycles. The van der Waals surface area contributed by atoms with Crippen molar-refractivity contribution in [2.75, 3.05) is 13.1 Å². The zero-order chi connectivity index (χ0) is 13.7. The molecule has 0 radical (unpaired) electrons. The lowest BCUT2D eigenvalue weighted by molar-refractivity contribution is 0.263. The number of nitrogens with two attached hydrogens (primary N) is 1. The van der Waals surface area contributed by atoms with Crippen molar-refractivity contribution in [2.24, 2.45) is 11.7 Å². The van der Waals surface area contributed by atoms with E-state index >= 15 is 0 Å². The standard InChI is InChI=1S/C13H19Cl2N3/c1-3-18(7-9(2)13(16)17)8-10-4-5-11(14)12(15)6-10/h4-6,9H,3,7-8H2,1-2H3,(H3,16,17). The molecule has 1 aromatic rings. The van der Waals surface area contributed by atoms with Gasteiger partial charge in [-0.3, -0.25) is 10.3 Å². The van der Waals surface area contributed by atoms with Crippen LogP contribution in [0.15, 0.2) is 18.2 Å². The Morgan fingerprint density at radius 3 is 2.56 bits per heavy atom. The summed E-state index contributed by atoms with van der Waals surface area (Å²) in [4.78, 5) is 2.23. The van der Waals surface area contributed by atoms with E-state index in [2.05, 4.69) is 11.8 Å². The number of nitrogens with zero attached hydrogens (tertiary/aromatic N) is 1. The molecule has 0 aliphatic heterocycles. The van der Waals surface area contributed by atoms with Crippen LogP contribution in [0.3, 0.4) is 0 Å². The van der Waals surface area contributed by atoms with Crippen molar-refractivity contribution < 1.29 is 0 Å². The van der Waals surface area contributed by atoms with Crippen LogP contribution < -0.4 is 5.73 Å². The Balaban J connectivity index is 2.67. The van der Waals surface area contributed by atoms with Gasteiger partial charge in [0, 0.05) is 19.0 Å². The summed E-state index contributed by atoms with van der Waals surface area (Å²) in [6.07, 6.45) is 0. The quantitative estimate of drug-likeness (QED) is 0.622. The highest BCUT2D eigenvalue weighted by atomic mass is 35.5. The summed E-state index contributed by atoms with van der Waals surface area (Å²) in [5.74, 6) is 0.287. The zero-order valence-electron chi connectivity index (χ0n) is 10.7. The number of benzene rings is 1. The van der Waals surface area contributed by atoms with Gasteiger partial charge in [0.1, 0.15) is 0 Å². The minimum atomic E-state index is 0.0627. The van der Waals surface area contributed by atoms with Crippen LogP contribution in [0.1, 0.15) is 19.4 Å². The van der Waals surface area contributed by atoms with E-state index in [1.807, 2.05) is 25.1 Å². The fourth-order valence-corrected chi connectivity index (χ4v) is 2.01. The Morgan fingerprint density at radius 2 is 2.06 bits per heavy atom. The molecule has 1 aromatic carbocycles. The fourth-order valence-electron chi connectivity index (χ4n) is 1.69. The van der Waals surface area contributed by atoms with Gasteiger partial charge in [0.15, 0.2) is 0 Å². The molecule has 3 nitrogen and oxygen atoms in total. The average Bonchev–Trinajstić information content (AvgIpc) is 2.32. The molecule has 0 heterocycles. The predicted octanol–water partition coefficient (Wildman–Crippen LogP) is 3.39. The van der Waals surface area contributed by atoms with Gasteiger partial charge < -0.3 is 5.73 Å². The largest absolute Gasteiger partial charge is 0.387 e. The molecule has 0 amide bonds. The van der Waals surface area contributed by atoms with E-state index < -0.39 is 0 Å². The third-order valence-corrected chi connectivity index (χ3v) is 3.64. The van der Waals surface area contributed by atoms with Crippen molar-refractivity contribution in [2.45, 2.75) is 20.4 Å². The number of amidine groups is 1. The first-order valence-electron chi connectivity index (χ1n) is 5.94. The number of hydrogen-bond acceptors (Lipinski definition) is 2. The Kier molecular flexibility index (Phi) is 5.93. The molecule has 1 unspecified atom stereocenters. The lowest BCUT2D eigenvalue weighted by Gasteiger charge is -2.23. The van der Waals surface area contributed by atoms with E-state index in [-0.39, 0.29) is 11.8 Å². The van der Waals surface area contributed by atoms with E-state index in [1.165, 1.54) is 0 Å². The predicted molar refractivity (Wildman–Crippen MR) is 78.5 cm³/mol. The van der Waals surface area contributed by atoms with E-state index in [0.717, 1.165) is 25.2 Å². The summed E-state index contributed by atoms with van der Waals surface area (Å²) in [6, 6.07) is 5.65. The van der Waals surface area contributed by atoms with Crippen LogP contribution in [0, 0.1) is 11.3 Å². The van der Waals surface area contributed by atoms with Crippen molar-refractivity contribution >= 4 is 29.0 Å². The van der Waals surface area contributed by atoms with E-state index in [1.54, 1.807) is 0 Å². The molecule has 0 saturated heterocycles. The first-order valence-corrected chi connectivity index (χ1v) is 6.69. The normalized spacial score (nSPS) is 12.7. The molecule has 5 heteroatoms. The highest BCUT2D eigenvalue weighted by Crippen LogP contribution is 2.23. The van der Waals surface area contributed by atoms with Crippen LogP contribution in [0.5, 0.6) is 0 Å². The van der Waals surface area contributed by atoms with Crippen LogP contribution in [0.2, 0.25) is 10.0 Å². The summed E-state index contributed by atoms with van der Waals surface area (Å²) >= 11 is 11.9. The second-order valence-corrected chi connectivity index (χ2v) is 5.25. The van der Waals surface area contributed by atoms with Crippen LogP contribution in [-0.2, 0) is 6.54 Å². The smallest absolute Gasteiger partial charge is 0.0947 e. The molecule has 0 aliphatic rings. The van der Waals surface area contributed by atoms with Gasteiger partial charge in [0.25, 0.3) is 0 Å². The van der Waals surface area contributed by atoms with Gasteiger partial charge in [0.05, 0.1) is 15.9 Å². The molecule has 3 N–H and O–H groups in total. The van der Waals surface area contributed by atoms with E-state index in [0.29, 0.717) is 10.0 Å². The minimum absolute atomic E-state index is 0.0627. The molecule has 0 bridgehead atoms. The van der Waals surface area contributed by atoms with Crippen LogP contribution in [-0.4, -0.2) is 23.8 Å². The lowest BCUT2D eigenvalue weighted by Crippen LogP contribution is -2.34. The van der Waals surface area contributed by atoms with Crippen molar-refractivity contribution in [1.29, 1.82) is 5.41 Å². The van der Waals surface area contributed by atoms with Gasteiger partial charge in [0.2, 0.25) is 0 Å². The highest BCUT2D eigenvalue weighted by molar-refractivity contribution is 6.42. The summed E-state index contributed by atoms with van der Waals surface area (Å²) in [5, 5.41) is 8.57. The van der Waals surface area contributed by atoms with Gasteiger partial charge in [-0.1, -0.05) is 43.1 Å². The zero-order valence-corrected chi connectivity index (χ0v) is 12.2. The van der Waals surface area contributed by atoms with Gasteiger partial charge >= 0.3 is 0 Å². The number of nitrogens with one attached hydrogen (secondary N) is 1. The number of hydrogen-bond donors (Lipinski definition) is 2. The Labute approximate surface area is 118 Å². The summed E-state index contributed by atoms with van der Waals surface area (Å²) in [5.41, 5.74) is 6.61. The monoisotopic (exact) mass is 287 g/mol. The molecular weight excluding hydrogens is 269 g/mol. The van der Waals surface area contributed by atoms with E-state index in [9.17, 15) is 0 Å². The molecule has 100 valence electrons. The first kappa shape index (κ1) is 15.3. The molecule has 1 atom stereocenters. The maximum atomic E-state index is 7.42. The molecular formula is C13H19Cl2N3. The van der Waals surface area contributed by atoms with Crippen molar-refractivity contribution in [1.82, 2.24) is 4.90 Å². The summed E-state index contributed by atoms with van der Waals surface area (Å²) in [6.45, 7) is 6.50. The third kappa shape index (κ3) is 4.48. The third-order valence-electron chi connectivity index (χ3n) is 2.90. The fraction of sp³-hybridized carbons (Fsp3) is 0.462. The second-order valence-electron chi connectivity index (χ2n) is 4.43. The second kappa shape index (κ2) is 6.98. The van der Waals surface area contributed by atoms with Crippen molar-refractivity contribution in [3.8, 4) is 0 Å². The number of rotatable bonds is 6. The van der Waals surface area contributed by atoms with Crippen LogP contribution in [0.4, 0.5) is 0 Å². The van der Waals surface area contributed by atoms with Gasteiger partial charge in [-0.05, 0) is 24.2 Å². The maximum absolute atomic E-state index is 7.42. The first-order chi connectivity index (χ1) is 8.43. The SMILES string of the molecule is CCN(Cc1ccc(Cl)c(Cl)c1)CC(C)C(=N)N. The molecule has 1 rings (SSSR count). The minimum Gasteiger partial charge on any atom is -0.387 e. The van der Waals surface area contributed by atoms with Crippen molar-refractivity contribution in [3.05, 3.63) is 33.8 Å². The average molecular weight is 288 g/mol. The van der Waals surface area contributed by atoms with E-state index in [4.69, 9.17) is 34.3 Å². The summed E-state index contributed by atoms with van der Waals surface area (Å²) in [7, 11) is 0. The lowest BCUT2D eigenvalue weighted by atomic mass is 10.1. The molecule has 0 fully saturated rings. The Hall–Kier alpha value is -0.770. The highest BCUT2D eigenvalue weighted by Gasteiger charge is 2.12. The van der Waals surface area contributed by atoms with Crippen LogP contribution in [0.25, 0.3) is 0 Å². The Morgan fingerprint density at radius 1 is 1.39 bits per heavy atom. The van der Waals surface area contributed by atoms with Crippen LogP contribution >= 0.6 is 23.2 Å². The number of halogens is 2. The van der Waals surface area contributed by atoms with Gasteiger partial charge in [-0.2, -0.15) is 0 Å². The maximum Gasteiger partial charge on any atom is 0.0947 e. The molecule has 18 heavy (non-hydrogen) atoms. The topological polar surface area (TPSA) is 53.1 Å². The Bertz CT molecular complexity index is 421. The molecule has 0 spiro atoms.